The summed E-state index contributed by atoms with van der Waals surface area (Å²) in [5, 5.41) is 19.6. The number of carbonyl (C=O) groups excluding carboxylic acids is 2. The molecule has 1 aromatic rings. The van der Waals surface area contributed by atoms with Crippen LogP contribution >= 0.6 is 0 Å². The summed E-state index contributed by atoms with van der Waals surface area (Å²) in [4.78, 5) is 40.6. The number of benzene rings is 1. The summed E-state index contributed by atoms with van der Waals surface area (Å²) in [5.41, 5.74) is 0.306. The summed E-state index contributed by atoms with van der Waals surface area (Å²) in [6.07, 6.45) is 7.98. The Hall–Kier alpha value is -2.76. The number of rotatable bonds is 4. The van der Waals surface area contributed by atoms with Crippen molar-refractivity contribution in [2.24, 2.45) is 56.2 Å². The largest absolute Gasteiger partial charge is 0.481 e. The summed E-state index contributed by atoms with van der Waals surface area (Å²) in [5.74, 6) is -1.77. The number of carboxylic acid groups (broad SMARTS) is 1. The number of ketones is 1. The number of aliphatic carboxylic acids is 1. The maximum Gasteiger partial charge on any atom is 0.312 e. The first-order valence-electron chi connectivity index (χ1n) is 16.7. The first-order chi connectivity index (χ1) is 20.4. The Balaban J connectivity index is 1.36. The zero-order chi connectivity index (χ0) is 32.1. The molecule has 0 aliphatic heterocycles. The molecule has 4 unspecified atom stereocenters. The third kappa shape index (κ3) is 4.17. The normalized spacial score (nSPS) is 44.3. The van der Waals surface area contributed by atoms with Gasteiger partial charge in [0.2, 0.25) is 0 Å². The smallest absolute Gasteiger partial charge is 0.312 e. The summed E-state index contributed by atoms with van der Waals surface area (Å²) in [7, 11) is 0. The van der Waals surface area contributed by atoms with E-state index < -0.39 is 33.5 Å². The van der Waals surface area contributed by atoms with Crippen LogP contribution < -0.4 is 0 Å². The molecule has 6 heteroatoms. The van der Waals surface area contributed by atoms with Crippen LogP contribution in [-0.2, 0) is 25.7 Å². The van der Waals surface area contributed by atoms with Gasteiger partial charge in [0.25, 0.3) is 0 Å². The lowest BCUT2D eigenvalue weighted by Crippen LogP contribution is -2.68. The minimum atomic E-state index is -0.795. The summed E-state index contributed by atoms with van der Waals surface area (Å²) < 4.78 is 5.91. The van der Waals surface area contributed by atoms with Gasteiger partial charge < -0.3 is 15.3 Å². The van der Waals surface area contributed by atoms with E-state index in [1.165, 1.54) is 5.57 Å². The fourth-order valence-electron chi connectivity index (χ4n) is 11.7. The maximum atomic E-state index is 14.6. The SMILES string of the molecule is CC1(C)C2C(=N)CC3(C)[C@H](C(=O)C=C4C5C[C@@](C)(C(=O)OCc6ccccc6)CC[C@]5(C)CC[C@]43C)C2(C)CC[C@@H]1C(=O)O. The van der Waals surface area contributed by atoms with Crippen molar-refractivity contribution in [1.82, 2.24) is 0 Å². The van der Waals surface area contributed by atoms with Crippen molar-refractivity contribution in [2.45, 2.75) is 106 Å². The van der Waals surface area contributed by atoms with Crippen molar-refractivity contribution in [3.05, 3.63) is 47.5 Å². The lowest BCUT2D eigenvalue weighted by molar-refractivity contribution is -0.175. The Bertz CT molecular complexity index is 1450. The molecule has 2 N–H and O–H groups in total. The number of carboxylic acids is 1. The third-order valence-corrected chi connectivity index (χ3v) is 14.3. The monoisotopic (exact) mass is 601 g/mol. The molecule has 0 bridgehead atoms. The van der Waals surface area contributed by atoms with E-state index in [2.05, 4.69) is 27.7 Å². The van der Waals surface area contributed by atoms with Crippen LogP contribution in [0.1, 0.15) is 105 Å². The Morgan fingerprint density at radius 3 is 2.25 bits per heavy atom. The number of hydrogen-bond acceptors (Lipinski definition) is 5. The molecule has 0 amide bonds. The van der Waals surface area contributed by atoms with Gasteiger partial charge in [0.05, 0.1) is 11.3 Å². The lowest BCUT2D eigenvalue weighted by atomic mass is 9.32. The number of nitrogens with one attached hydrogen (secondary N) is 1. The highest BCUT2D eigenvalue weighted by Gasteiger charge is 2.72. The van der Waals surface area contributed by atoms with E-state index in [0.29, 0.717) is 31.4 Å². The molecule has 1 aromatic carbocycles. The van der Waals surface area contributed by atoms with Gasteiger partial charge in [0.15, 0.2) is 5.78 Å². The van der Waals surface area contributed by atoms with Gasteiger partial charge in [0, 0.05) is 17.5 Å². The minimum absolute atomic E-state index is 0.00416. The van der Waals surface area contributed by atoms with E-state index in [9.17, 15) is 24.9 Å². The van der Waals surface area contributed by atoms with Gasteiger partial charge in [-0.1, -0.05) is 77.4 Å². The van der Waals surface area contributed by atoms with Gasteiger partial charge in [-0.15, -0.1) is 0 Å². The van der Waals surface area contributed by atoms with Crippen LogP contribution in [0.2, 0.25) is 0 Å². The van der Waals surface area contributed by atoms with Crippen LogP contribution in [-0.4, -0.2) is 28.5 Å². The molecule has 238 valence electrons. The number of esters is 1. The second-order valence-corrected chi connectivity index (χ2v) is 17.1. The summed E-state index contributed by atoms with van der Waals surface area (Å²) >= 11 is 0. The second kappa shape index (κ2) is 9.87. The van der Waals surface area contributed by atoms with Crippen molar-refractivity contribution >= 4 is 23.4 Å². The van der Waals surface area contributed by atoms with Crippen LogP contribution in [0.5, 0.6) is 0 Å². The number of ether oxygens (including phenoxy) is 1. The first-order valence-corrected chi connectivity index (χ1v) is 16.7. The molecular formula is C38H51NO5. The van der Waals surface area contributed by atoms with E-state index in [1.807, 2.05) is 57.2 Å². The number of fused-ring (bicyclic) bond motifs is 7. The van der Waals surface area contributed by atoms with Crippen LogP contribution in [0.25, 0.3) is 0 Å². The maximum absolute atomic E-state index is 14.6. The molecule has 0 aromatic heterocycles. The predicted molar refractivity (Wildman–Crippen MR) is 170 cm³/mol. The zero-order valence-electron chi connectivity index (χ0n) is 27.7. The minimum Gasteiger partial charge on any atom is -0.481 e. The van der Waals surface area contributed by atoms with E-state index in [-0.39, 0.29) is 46.9 Å². The highest BCUT2D eigenvalue weighted by atomic mass is 16.5. The molecule has 44 heavy (non-hydrogen) atoms. The molecular weight excluding hydrogens is 550 g/mol. The average Bonchev–Trinajstić information content (AvgIpc) is 2.93. The summed E-state index contributed by atoms with van der Waals surface area (Å²) in [6, 6.07) is 9.80. The predicted octanol–water partition coefficient (Wildman–Crippen LogP) is 8.04. The molecule has 0 spiro atoms. The van der Waals surface area contributed by atoms with E-state index in [1.54, 1.807) is 0 Å². The van der Waals surface area contributed by atoms with E-state index in [4.69, 9.17) is 4.74 Å². The van der Waals surface area contributed by atoms with Gasteiger partial charge in [-0.25, -0.2) is 0 Å². The molecule has 5 aliphatic rings. The van der Waals surface area contributed by atoms with Crippen molar-refractivity contribution < 1.29 is 24.2 Å². The quantitative estimate of drug-likeness (QED) is 0.340. The van der Waals surface area contributed by atoms with Crippen molar-refractivity contribution in [3.63, 3.8) is 0 Å². The lowest BCUT2D eigenvalue weighted by Gasteiger charge is -2.70. The Kier molecular flexibility index (Phi) is 7.00. The van der Waals surface area contributed by atoms with Crippen LogP contribution in [0.4, 0.5) is 0 Å². The van der Waals surface area contributed by atoms with Crippen LogP contribution in [0.3, 0.4) is 0 Å². The van der Waals surface area contributed by atoms with Crippen LogP contribution in [0.15, 0.2) is 42.0 Å². The molecule has 0 radical (unpaired) electrons. The topological polar surface area (TPSA) is 105 Å². The highest BCUT2D eigenvalue weighted by molar-refractivity contribution is 5.99. The van der Waals surface area contributed by atoms with Crippen LogP contribution in [0, 0.1) is 61.6 Å². The van der Waals surface area contributed by atoms with Gasteiger partial charge in [-0.3, -0.25) is 14.4 Å². The number of carbonyl (C=O) groups is 3. The number of allylic oxidation sites excluding steroid dienone is 2. The molecule has 4 saturated carbocycles. The first kappa shape index (κ1) is 31.2. The van der Waals surface area contributed by atoms with Gasteiger partial charge in [-0.05, 0) is 103 Å². The van der Waals surface area contributed by atoms with Gasteiger partial charge >= 0.3 is 11.9 Å². The molecule has 4 fully saturated rings. The highest BCUT2D eigenvalue weighted by Crippen LogP contribution is 2.75. The van der Waals surface area contributed by atoms with E-state index >= 15 is 0 Å². The molecule has 6 nitrogen and oxygen atoms in total. The van der Waals surface area contributed by atoms with Crippen molar-refractivity contribution in [3.8, 4) is 0 Å². The fourth-order valence-corrected chi connectivity index (χ4v) is 11.7. The molecule has 6 rings (SSSR count). The standard InChI is InChI=1S/C38H51NO5/c1-33(2)24(31(41)42)13-14-36(5)29(33)27(39)21-38(7)30(36)28(40)19-25-26-20-35(4,16-15-34(26,3)17-18-37(25,38)6)32(43)44-22-23-11-9-8-10-12-23/h8-12,19,24,26,29-30,39H,13-18,20-22H2,1-7H3,(H,41,42)/t24-,26?,29?,30-,34-,35+,36?,37-,38?/m1/s1. The average molecular weight is 602 g/mol. The number of hydrogen-bond donors (Lipinski definition) is 2. The molecule has 9 atom stereocenters. The summed E-state index contributed by atoms with van der Waals surface area (Å²) in [6.45, 7) is 15.4. The Labute approximate surface area is 262 Å². The molecule has 0 heterocycles. The van der Waals surface area contributed by atoms with Gasteiger partial charge in [-0.2, -0.15) is 0 Å². The molecule has 0 saturated heterocycles. The van der Waals surface area contributed by atoms with Gasteiger partial charge in [0.1, 0.15) is 6.61 Å². The van der Waals surface area contributed by atoms with Crippen molar-refractivity contribution in [1.29, 1.82) is 5.41 Å². The zero-order valence-corrected chi connectivity index (χ0v) is 27.7. The fraction of sp³-hybridized carbons (Fsp3) is 0.684. The third-order valence-electron chi connectivity index (χ3n) is 14.3. The van der Waals surface area contributed by atoms with E-state index in [0.717, 1.165) is 31.2 Å². The Morgan fingerprint density at radius 1 is 0.932 bits per heavy atom. The van der Waals surface area contributed by atoms with Crippen molar-refractivity contribution in [2.75, 3.05) is 0 Å². The second-order valence-electron chi connectivity index (χ2n) is 17.1. The molecule has 5 aliphatic carbocycles. The Morgan fingerprint density at radius 2 is 1.59 bits per heavy atom.